The SMILES string of the molecule is C=C(C)Cn1c(S[C@H](C)c2cc(F)ccc2F)nnc1-c1ccncc1. The molecule has 2 aromatic heterocycles. The molecule has 1 aromatic carbocycles. The standard InChI is InChI=1S/C19H18F2N4S/c1-12(2)11-25-18(14-6-8-22-9-7-14)23-24-19(25)26-13(3)16-10-15(20)4-5-17(16)21/h4-10,13H,1,11H2,2-3H3/t13-/m1/s1. The summed E-state index contributed by atoms with van der Waals surface area (Å²) in [6.07, 6.45) is 3.37. The lowest BCUT2D eigenvalue weighted by atomic mass is 10.1. The lowest BCUT2D eigenvalue weighted by molar-refractivity contribution is 0.585. The van der Waals surface area contributed by atoms with Crippen molar-refractivity contribution < 1.29 is 8.78 Å². The van der Waals surface area contributed by atoms with E-state index in [9.17, 15) is 8.78 Å². The van der Waals surface area contributed by atoms with Crippen LogP contribution >= 0.6 is 11.8 Å². The van der Waals surface area contributed by atoms with Crippen LogP contribution in [0.4, 0.5) is 8.78 Å². The predicted octanol–water partition coefficient (Wildman–Crippen LogP) is 5.05. The third-order valence-corrected chi connectivity index (χ3v) is 4.88. The van der Waals surface area contributed by atoms with Gasteiger partial charge in [-0.05, 0) is 44.2 Å². The molecule has 3 rings (SSSR count). The summed E-state index contributed by atoms with van der Waals surface area (Å²) < 4.78 is 29.5. The van der Waals surface area contributed by atoms with E-state index >= 15 is 0 Å². The van der Waals surface area contributed by atoms with Gasteiger partial charge in [-0.3, -0.25) is 9.55 Å². The minimum absolute atomic E-state index is 0.297. The van der Waals surface area contributed by atoms with Crippen LogP contribution in [0.5, 0.6) is 0 Å². The van der Waals surface area contributed by atoms with E-state index in [0.717, 1.165) is 23.3 Å². The molecule has 0 amide bonds. The fourth-order valence-electron chi connectivity index (χ4n) is 2.55. The predicted molar refractivity (Wildman–Crippen MR) is 98.7 cm³/mol. The summed E-state index contributed by atoms with van der Waals surface area (Å²) in [4.78, 5) is 4.02. The van der Waals surface area contributed by atoms with Crippen LogP contribution in [-0.4, -0.2) is 19.7 Å². The fourth-order valence-corrected chi connectivity index (χ4v) is 3.54. The Bertz CT molecular complexity index is 925. The average molecular weight is 372 g/mol. The number of halogens is 2. The summed E-state index contributed by atoms with van der Waals surface area (Å²) in [5.74, 6) is -0.216. The van der Waals surface area contributed by atoms with E-state index in [4.69, 9.17) is 0 Å². The van der Waals surface area contributed by atoms with Crippen molar-refractivity contribution in [3.63, 3.8) is 0 Å². The maximum atomic E-state index is 14.1. The Labute approximate surface area is 155 Å². The topological polar surface area (TPSA) is 43.6 Å². The number of pyridine rings is 1. The Morgan fingerprint density at radius 2 is 1.92 bits per heavy atom. The van der Waals surface area contributed by atoms with Gasteiger partial charge in [0, 0.05) is 35.3 Å². The number of rotatable bonds is 6. The summed E-state index contributed by atoms with van der Waals surface area (Å²) in [5, 5.41) is 8.83. The van der Waals surface area contributed by atoms with Crippen LogP contribution in [0.15, 0.2) is 60.0 Å². The van der Waals surface area contributed by atoms with E-state index in [-0.39, 0.29) is 5.25 Å². The zero-order valence-corrected chi connectivity index (χ0v) is 15.3. The second kappa shape index (κ2) is 7.78. The van der Waals surface area contributed by atoms with Gasteiger partial charge in [0.15, 0.2) is 11.0 Å². The molecule has 1 atom stereocenters. The van der Waals surface area contributed by atoms with E-state index in [1.165, 1.54) is 17.8 Å². The quantitative estimate of drug-likeness (QED) is 0.449. The molecule has 0 bridgehead atoms. The average Bonchev–Trinajstić information content (AvgIpc) is 2.99. The van der Waals surface area contributed by atoms with E-state index in [2.05, 4.69) is 21.8 Å². The van der Waals surface area contributed by atoms with Crippen molar-refractivity contribution in [3.8, 4) is 11.4 Å². The number of hydrogen-bond donors (Lipinski definition) is 0. The first-order valence-corrected chi connectivity index (χ1v) is 8.93. The first-order chi connectivity index (χ1) is 12.5. The second-order valence-electron chi connectivity index (χ2n) is 6.01. The normalized spacial score (nSPS) is 12.2. The molecule has 0 radical (unpaired) electrons. The molecule has 0 saturated carbocycles. The van der Waals surface area contributed by atoms with Crippen molar-refractivity contribution in [1.82, 2.24) is 19.7 Å². The molecule has 0 spiro atoms. The van der Waals surface area contributed by atoms with Gasteiger partial charge in [-0.1, -0.05) is 23.9 Å². The minimum atomic E-state index is -0.463. The van der Waals surface area contributed by atoms with Crippen LogP contribution < -0.4 is 0 Å². The van der Waals surface area contributed by atoms with Crippen molar-refractivity contribution in [2.24, 2.45) is 0 Å². The van der Waals surface area contributed by atoms with Crippen molar-refractivity contribution in [3.05, 3.63) is 72.1 Å². The molecule has 26 heavy (non-hydrogen) atoms. The molecule has 0 unspecified atom stereocenters. The number of nitrogens with zero attached hydrogens (tertiary/aromatic N) is 4. The molecule has 7 heteroatoms. The van der Waals surface area contributed by atoms with Crippen LogP contribution in [0.1, 0.15) is 24.7 Å². The van der Waals surface area contributed by atoms with Gasteiger partial charge < -0.3 is 0 Å². The highest BCUT2D eigenvalue weighted by molar-refractivity contribution is 7.99. The van der Waals surface area contributed by atoms with Crippen LogP contribution in [0.25, 0.3) is 11.4 Å². The summed E-state index contributed by atoms with van der Waals surface area (Å²) >= 11 is 1.33. The van der Waals surface area contributed by atoms with Crippen LogP contribution in [-0.2, 0) is 6.54 Å². The van der Waals surface area contributed by atoms with Gasteiger partial charge in [-0.15, -0.1) is 10.2 Å². The third kappa shape index (κ3) is 3.99. The number of hydrogen-bond acceptors (Lipinski definition) is 4. The molecule has 0 N–H and O–H groups in total. The highest BCUT2D eigenvalue weighted by Crippen LogP contribution is 2.36. The molecule has 0 aliphatic rings. The second-order valence-corrected chi connectivity index (χ2v) is 7.32. The Hall–Kier alpha value is -2.54. The first-order valence-electron chi connectivity index (χ1n) is 8.05. The largest absolute Gasteiger partial charge is 0.298 e. The maximum Gasteiger partial charge on any atom is 0.192 e. The van der Waals surface area contributed by atoms with Crippen LogP contribution in [0.3, 0.4) is 0 Å². The Kier molecular flexibility index (Phi) is 5.46. The van der Waals surface area contributed by atoms with Gasteiger partial charge >= 0.3 is 0 Å². The lowest BCUT2D eigenvalue weighted by Crippen LogP contribution is -2.04. The van der Waals surface area contributed by atoms with Crippen molar-refractivity contribution in [1.29, 1.82) is 0 Å². The van der Waals surface area contributed by atoms with E-state index in [0.29, 0.717) is 23.1 Å². The van der Waals surface area contributed by atoms with Gasteiger partial charge in [-0.25, -0.2) is 8.78 Å². The highest BCUT2D eigenvalue weighted by atomic mass is 32.2. The minimum Gasteiger partial charge on any atom is -0.298 e. The lowest BCUT2D eigenvalue weighted by Gasteiger charge is -2.14. The summed E-state index contributed by atoms with van der Waals surface area (Å²) in [6, 6.07) is 7.17. The molecule has 0 saturated heterocycles. The summed E-state index contributed by atoms with van der Waals surface area (Å²) in [7, 11) is 0. The fraction of sp³-hybridized carbons (Fsp3) is 0.211. The van der Waals surface area contributed by atoms with Crippen molar-refractivity contribution >= 4 is 11.8 Å². The number of benzene rings is 1. The molecule has 3 aromatic rings. The third-order valence-electron chi connectivity index (χ3n) is 3.76. The van der Waals surface area contributed by atoms with E-state index in [1.54, 1.807) is 12.4 Å². The Morgan fingerprint density at radius 3 is 2.62 bits per heavy atom. The maximum absolute atomic E-state index is 14.1. The molecule has 0 fully saturated rings. The Balaban J connectivity index is 1.96. The summed E-state index contributed by atoms with van der Waals surface area (Å²) in [6.45, 7) is 8.23. The number of aromatic nitrogens is 4. The van der Waals surface area contributed by atoms with Crippen molar-refractivity contribution in [2.75, 3.05) is 0 Å². The summed E-state index contributed by atoms with van der Waals surface area (Å²) in [5.41, 5.74) is 2.11. The van der Waals surface area contributed by atoms with Crippen LogP contribution in [0.2, 0.25) is 0 Å². The molecule has 134 valence electrons. The monoisotopic (exact) mass is 372 g/mol. The highest BCUT2D eigenvalue weighted by Gasteiger charge is 2.20. The molecular formula is C19H18F2N4S. The zero-order valence-electron chi connectivity index (χ0n) is 14.5. The smallest absolute Gasteiger partial charge is 0.192 e. The molecule has 2 heterocycles. The van der Waals surface area contributed by atoms with Gasteiger partial charge in [0.2, 0.25) is 0 Å². The first kappa shape index (κ1) is 18.3. The van der Waals surface area contributed by atoms with Gasteiger partial charge in [0.1, 0.15) is 11.6 Å². The van der Waals surface area contributed by atoms with E-state index in [1.807, 2.05) is 30.5 Å². The molecule has 0 aliphatic heterocycles. The van der Waals surface area contributed by atoms with Gasteiger partial charge in [0.05, 0.1) is 0 Å². The van der Waals surface area contributed by atoms with Gasteiger partial charge in [0.25, 0.3) is 0 Å². The van der Waals surface area contributed by atoms with Crippen LogP contribution in [0, 0.1) is 11.6 Å². The number of allylic oxidation sites excluding steroid dienone is 1. The van der Waals surface area contributed by atoms with Gasteiger partial charge in [-0.2, -0.15) is 0 Å². The number of thioether (sulfide) groups is 1. The Morgan fingerprint density at radius 1 is 1.19 bits per heavy atom. The van der Waals surface area contributed by atoms with Crippen molar-refractivity contribution in [2.45, 2.75) is 30.8 Å². The molecule has 4 nitrogen and oxygen atoms in total. The molecular weight excluding hydrogens is 354 g/mol. The molecule has 0 aliphatic carbocycles. The zero-order chi connectivity index (χ0) is 18.7. The van der Waals surface area contributed by atoms with E-state index < -0.39 is 11.6 Å².